The topological polar surface area (TPSA) is 63.2 Å². The number of Topliss-reactive ketones (excluding diaryl/α,β-unsaturated/α-hetero) is 1. The van der Waals surface area contributed by atoms with Gasteiger partial charge in [-0.25, -0.2) is 0 Å². The molecule has 0 saturated heterocycles. The summed E-state index contributed by atoms with van der Waals surface area (Å²) in [5.41, 5.74) is 1.03. The minimum absolute atomic E-state index is 0. The molecule has 0 radical (unpaired) electrons. The van der Waals surface area contributed by atoms with Crippen LogP contribution in [0.5, 0.6) is 5.75 Å². The first kappa shape index (κ1) is 19.0. The van der Waals surface area contributed by atoms with Gasteiger partial charge >= 0.3 is 23.9 Å². The second-order valence-corrected chi connectivity index (χ2v) is 3.38. The van der Waals surface area contributed by atoms with Crippen molar-refractivity contribution >= 4 is 35.4 Å². The Labute approximate surface area is 129 Å². The molecule has 2 rings (SSSR count). The Morgan fingerprint density at radius 2 is 1.76 bits per heavy atom. The van der Waals surface area contributed by atoms with E-state index in [1.807, 2.05) is 0 Å². The van der Waals surface area contributed by atoms with Gasteiger partial charge in [0.2, 0.25) is 0 Å². The molecular weight excluding hydrogens is 370 g/mol. The van der Waals surface area contributed by atoms with E-state index in [0.29, 0.717) is 0 Å². The molecule has 6 heteroatoms. The van der Waals surface area contributed by atoms with Crippen LogP contribution in [0.2, 0.25) is 0 Å². The molecule has 0 aliphatic heterocycles. The van der Waals surface area contributed by atoms with Crippen LogP contribution in [0, 0.1) is 6.92 Å². The smallest absolute Gasteiger partial charge is 1.00 e. The Bertz CT molecular complexity index is 458. The van der Waals surface area contributed by atoms with Gasteiger partial charge in [0.05, 0.1) is 0 Å². The molecule has 0 aromatic heterocycles. The molecule has 0 heterocycles. The molecule has 1 aliphatic rings. The summed E-state index contributed by atoms with van der Waals surface area (Å²) in [5.74, 6) is -0.834. The molecule has 0 N–H and O–H groups in total. The number of rotatable bonds is 0. The summed E-state index contributed by atoms with van der Waals surface area (Å²) in [4.78, 5) is 11.4. The van der Waals surface area contributed by atoms with Crippen LogP contribution in [-0.4, -0.2) is 29.7 Å². The van der Waals surface area contributed by atoms with Gasteiger partial charge in [-0.05, 0) is 18.6 Å². The van der Waals surface area contributed by atoms with E-state index in [4.69, 9.17) is 0 Å². The predicted molar refractivity (Wildman–Crippen MR) is 53.3 cm³/mol. The van der Waals surface area contributed by atoms with Crippen LogP contribution in [0.3, 0.4) is 0 Å². The monoisotopic (exact) mass is 378 g/mol. The van der Waals surface area contributed by atoms with Crippen LogP contribution in [0.1, 0.15) is 27.9 Å². The first-order valence-electron chi connectivity index (χ1n) is 4.32. The van der Waals surface area contributed by atoms with Gasteiger partial charge in [0, 0.05) is 12.0 Å². The molecule has 88 valence electrons. The van der Waals surface area contributed by atoms with Gasteiger partial charge in [-0.15, -0.1) is 11.5 Å². The van der Waals surface area contributed by atoms with Crippen molar-refractivity contribution in [2.45, 2.75) is 13.3 Å². The zero-order valence-electron chi connectivity index (χ0n) is 8.92. The number of benzene rings is 1. The number of hydrogen-bond donors (Lipinski definition) is 0. The van der Waals surface area contributed by atoms with E-state index in [-0.39, 0.29) is 83.6 Å². The summed E-state index contributed by atoms with van der Waals surface area (Å²) in [6, 6.07) is 2.98. The Balaban J connectivity index is 0. The number of hydrogen-bond acceptors (Lipinski definition) is 3. The number of aryl methyl sites for hydroxylation is 1. The normalized spacial score (nSPS) is 12.3. The van der Waals surface area contributed by atoms with E-state index in [9.17, 15) is 15.0 Å². The molecule has 1 aromatic rings. The molecule has 0 saturated carbocycles. The summed E-state index contributed by atoms with van der Waals surface area (Å²) in [6.45, 7) is 1.73. The van der Waals surface area contributed by atoms with Crippen molar-refractivity contribution in [3.63, 3.8) is 0 Å². The Morgan fingerprint density at radius 1 is 1.18 bits per heavy atom. The fourth-order valence-electron chi connectivity index (χ4n) is 1.62. The van der Waals surface area contributed by atoms with Gasteiger partial charge in [-0.1, -0.05) is 17.7 Å². The van der Waals surface area contributed by atoms with Crippen LogP contribution in [0.25, 0.3) is 5.76 Å². The van der Waals surface area contributed by atoms with Crippen LogP contribution >= 0.6 is 0 Å². The number of carbonyl (C=O) groups excluding carboxylic acids is 1. The molecule has 0 amide bonds. The summed E-state index contributed by atoms with van der Waals surface area (Å²) in [5, 5.41) is 22.8. The summed E-state index contributed by atoms with van der Waals surface area (Å²) < 4.78 is 0. The largest absolute Gasteiger partial charge is 4.00 e. The fraction of sp³-hybridized carbons (Fsp3) is 0.182. The van der Waals surface area contributed by atoms with Crippen LogP contribution < -0.4 is 35.0 Å². The second kappa shape index (κ2) is 7.13. The number of allylic oxidation sites excluding steroid dienone is 1. The molecule has 1 aromatic carbocycles. The first-order chi connectivity index (χ1) is 6.59. The maximum Gasteiger partial charge on any atom is 4.00 e. The minimum atomic E-state index is -0.352. The van der Waals surface area contributed by atoms with Gasteiger partial charge in [0.15, 0.2) is 5.78 Å². The number of carbonyl (C=O) groups is 1. The van der Waals surface area contributed by atoms with Gasteiger partial charge in [0.25, 0.3) is 0 Å². The molecule has 3 nitrogen and oxygen atoms in total. The van der Waals surface area contributed by atoms with Crippen molar-refractivity contribution in [3.05, 3.63) is 34.9 Å². The minimum Gasteiger partial charge on any atom is -1.00 e. The van der Waals surface area contributed by atoms with Crippen molar-refractivity contribution < 1.29 is 39.8 Å². The Hall–Kier alpha value is -0.391. The summed E-state index contributed by atoms with van der Waals surface area (Å²) in [7, 11) is 0. The standard InChI is InChI=1S/C11H10O3.2ClH.Sn/c1-6-4-7-8(12)2-3-9(13)11(7)10(14)5-6;;;/h3-5,13-14H,2H2,1H3;2*1H;/q;;;+4/p-4. The average molecular weight is 378 g/mol. The molecule has 0 bridgehead atoms. The van der Waals surface area contributed by atoms with E-state index < -0.39 is 0 Å². The van der Waals surface area contributed by atoms with Gasteiger partial charge in [-0.2, -0.15) is 0 Å². The van der Waals surface area contributed by atoms with E-state index >= 15 is 0 Å². The third-order valence-corrected chi connectivity index (χ3v) is 2.27. The van der Waals surface area contributed by atoms with E-state index in [2.05, 4.69) is 0 Å². The van der Waals surface area contributed by atoms with Gasteiger partial charge in [-0.3, -0.25) is 4.79 Å². The molecule has 1 aliphatic carbocycles. The van der Waals surface area contributed by atoms with Crippen LogP contribution in [0.15, 0.2) is 18.2 Å². The van der Waals surface area contributed by atoms with Gasteiger partial charge in [0.1, 0.15) is 0 Å². The molecule has 0 spiro atoms. The first-order valence-corrected chi connectivity index (χ1v) is 4.32. The number of halogens is 2. The number of ketones is 1. The molecular formula is C11H8Cl2O3Sn. The van der Waals surface area contributed by atoms with Crippen molar-refractivity contribution in [1.82, 2.24) is 0 Å². The summed E-state index contributed by atoms with van der Waals surface area (Å²) >= 11 is 0. The van der Waals surface area contributed by atoms with Crippen molar-refractivity contribution in [1.29, 1.82) is 0 Å². The molecule has 0 unspecified atom stereocenters. The Kier molecular flexibility index (Phi) is 7.96. The second-order valence-electron chi connectivity index (χ2n) is 3.38. The maximum atomic E-state index is 11.4. The van der Waals surface area contributed by atoms with Crippen molar-refractivity contribution in [3.8, 4) is 5.75 Å². The van der Waals surface area contributed by atoms with Crippen molar-refractivity contribution in [2.75, 3.05) is 0 Å². The zero-order valence-corrected chi connectivity index (χ0v) is 13.3. The number of fused-ring (bicyclic) bond motifs is 1. The predicted octanol–water partition coefficient (Wildman–Crippen LogP) is -6.02. The third kappa shape index (κ3) is 3.53. The van der Waals surface area contributed by atoms with Crippen LogP contribution in [-0.2, 0) is 0 Å². The van der Waals surface area contributed by atoms with Crippen LogP contribution in [0.4, 0.5) is 0 Å². The van der Waals surface area contributed by atoms with E-state index in [1.54, 1.807) is 13.0 Å². The Morgan fingerprint density at radius 3 is 2.35 bits per heavy atom. The van der Waals surface area contributed by atoms with E-state index in [0.717, 1.165) is 5.56 Å². The SMILES string of the molecule is Cc1cc([O-])c2c(c1)C(=O)CC=C2[O-].[Cl-].[Cl-].[Sn+4]. The maximum absolute atomic E-state index is 11.4. The van der Waals surface area contributed by atoms with Gasteiger partial charge < -0.3 is 35.0 Å². The quantitative estimate of drug-likeness (QED) is 0.423. The molecule has 17 heavy (non-hydrogen) atoms. The summed E-state index contributed by atoms with van der Waals surface area (Å²) in [6.07, 6.45) is 1.37. The molecule has 0 fully saturated rings. The van der Waals surface area contributed by atoms with E-state index in [1.165, 1.54) is 12.1 Å². The fourth-order valence-corrected chi connectivity index (χ4v) is 1.62. The molecule has 0 atom stereocenters. The zero-order chi connectivity index (χ0) is 10.3. The average Bonchev–Trinajstić information content (AvgIpc) is 2.10. The van der Waals surface area contributed by atoms with Crippen molar-refractivity contribution in [2.24, 2.45) is 0 Å². The third-order valence-electron chi connectivity index (χ3n) is 2.27.